The number of nitrogens with zero attached hydrogens (tertiary/aromatic N) is 6. The molecule has 10 nitrogen and oxygen atoms in total. The summed E-state index contributed by atoms with van der Waals surface area (Å²) >= 11 is 3.53. The Hall–Kier alpha value is -1.96. The summed E-state index contributed by atoms with van der Waals surface area (Å²) in [6, 6.07) is 0. The van der Waals surface area contributed by atoms with E-state index in [-0.39, 0.29) is 0 Å². The molecule has 1 aromatic heterocycles. The largest absolute Gasteiger partial charge is 0.378 e. The third kappa shape index (κ3) is 6.04. The number of hydrogen-bond acceptors (Lipinski definition) is 10. The molecule has 0 aliphatic carbocycles. The lowest BCUT2D eigenvalue weighted by Crippen LogP contribution is -2.40. The minimum Gasteiger partial charge on any atom is -0.378 e. The zero-order valence-electron chi connectivity index (χ0n) is 21.2. The quantitative estimate of drug-likeness (QED) is 0.523. The van der Waals surface area contributed by atoms with Crippen molar-refractivity contribution in [2.45, 2.75) is 0 Å². The topological polar surface area (TPSA) is 74.9 Å². The van der Waals surface area contributed by atoms with Gasteiger partial charge in [-0.1, -0.05) is 17.4 Å². The van der Waals surface area contributed by atoms with Crippen LogP contribution >= 0.6 is 23.1 Å². The molecule has 0 unspecified atom stereocenters. The number of amidine groups is 2. The van der Waals surface area contributed by atoms with Crippen molar-refractivity contribution in [1.29, 1.82) is 0 Å². The van der Waals surface area contributed by atoms with Crippen molar-refractivity contribution in [2.75, 3.05) is 115 Å². The van der Waals surface area contributed by atoms with E-state index in [2.05, 4.69) is 37.5 Å². The van der Waals surface area contributed by atoms with Gasteiger partial charge in [0.25, 0.3) is 5.84 Å². The predicted octanol–water partition coefficient (Wildman–Crippen LogP) is 1.59. The third-order valence-corrected chi connectivity index (χ3v) is 9.07. The van der Waals surface area contributed by atoms with Gasteiger partial charge in [-0.25, -0.2) is 9.56 Å². The number of morpholine rings is 4. The minimum absolute atomic E-state index is 0.744. The fraction of sp³-hybridized carbons (Fsp3) is 0.640. The normalized spacial score (nSPS) is 25.0. The Kier molecular flexibility index (Phi) is 8.40. The molecular formula is C25H35N6O4S2+. The molecule has 0 spiro atoms. The van der Waals surface area contributed by atoms with Gasteiger partial charge in [-0.2, -0.15) is 0 Å². The first-order valence-corrected chi connectivity index (χ1v) is 14.8. The van der Waals surface area contributed by atoms with E-state index < -0.39 is 0 Å². The second-order valence-electron chi connectivity index (χ2n) is 9.29. The Morgan fingerprint density at radius 1 is 0.730 bits per heavy atom. The molecule has 12 heteroatoms. The summed E-state index contributed by atoms with van der Waals surface area (Å²) in [5.74, 6) is 2.12. The van der Waals surface area contributed by atoms with Crippen LogP contribution in [0.1, 0.15) is 4.88 Å². The predicted molar refractivity (Wildman–Crippen MR) is 149 cm³/mol. The van der Waals surface area contributed by atoms with Gasteiger partial charge < -0.3 is 33.6 Å². The molecule has 0 bridgehead atoms. The number of aliphatic imine (C=N–C) groups is 1. The summed E-state index contributed by atoms with van der Waals surface area (Å²) in [5, 5.41) is 2.15. The van der Waals surface area contributed by atoms with E-state index in [0.717, 1.165) is 127 Å². The van der Waals surface area contributed by atoms with Crippen molar-refractivity contribution >= 4 is 51.1 Å². The fourth-order valence-corrected chi connectivity index (χ4v) is 6.95. The molecule has 4 saturated heterocycles. The lowest BCUT2D eigenvalue weighted by molar-refractivity contribution is -0.547. The highest BCUT2D eigenvalue weighted by Gasteiger charge is 2.35. The summed E-state index contributed by atoms with van der Waals surface area (Å²) in [6.45, 7) is 13.0. The van der Waals surface area contributed by atoms with E-state index >= 15 is 0 Å². The second kappa shape index (κ2) is 12.3. The molecule has 4 fully saturated rings. The molecule has 0 radical (unpaired) electrons. The van der Waals surface area contributed by atoms with Gasteiger partial charge in [0.05, 0.1) is 62.6 Å². The molecule has 0 saturated carbocycles. The SMILES string of the molecule is C(/C=C/c1sc(N2CCOCC2)nc1N1CCOCC1)=C1/SC(=[N+]2CCOCC2)N=C1N1CCOCC1. The van der Waals surface area contributed by atoms with Gasteiger partial charge in [0.15, 0.2) is 5.13 Å². The lowest BCUT2D eigenvalue weighted by Gasteiger charge is -2.28. The maximum Gasteiger partial charge on any atom is 0.362 e. The van der Waals surface area contributed by atoms with Crippen LogP contribution in [0.3, 0.4) is 0 Å². The number of rotatable bonds is 4. The van der Waals surface area contributed by atoms with Crippen LogP contribution in [0.4, 0.5) is 10.9 Å². The highest BCUT2D eigenvalue weighted by atomic mass is 32.2. The molecule has 200 valence electrons. The van der Waals surface area contributed by atoms with Crippen LogP contribution in [0.5, 0.6) is 0 Å². The van der Waals surface area contributed by atoms with Crippen LogP contribution in [0.15, 0.2) is 22.0 Å². The lowest BCUT2D eigenvalue weighted by atomic mass is 10.3. The Balaban J connectivity index is 1.26. The Morgan fingerprint density at radius 2 is 1.32 bits per heavy atom. The molecule has 0 aromatic carbocycles. The van der Waals surface area contributed by atoms with Gasteiger partial charge in [-0.3, -0.25) is 0 Å². The molecular weight excluding hydrogens is 512 g/mol. The van der Waals surface area contributed by atoms with Crippen LogP contribution in [-0.2, 0) is 18.9 Å². The number of hydrogen-bond donors (Lipinski definition) is 0. The van der Waals surface area contributed by atoms with Gasteiger partial charge in [-0.15, -0.1) is 0 Å². The maximum atomic E-state index is 5.60. The highest BCUT2D eigenvalue weighted by molar-refractivity contribution is 8.18. The Morgan fingerprint density at radius 3 is 2.00 bits per heavy atom. The number of allylic oxidation sites excluding steroid dienone is 2. The molecule has 37 heavy (non-hydrogen) atoms. The fourth-order valence-electron chi connectivity index (χ4n) is 4.85. The Bertz CT molecular complexity index is 1060. The van der Waals surface area contributed by atoms with E-state index in [4.69, 9.17) is 28.9 Å². The van der Waals surface area contributed by atoms with Crippen LogP contribution in [0.25, 0.3) is 6.08 Å². The molecule has 0 atom stereocenters. The molecule has 6 rings (SSSR count). The molecule has 5 aliphatic heterocycles. The highest BCUT2D eigenvalue weighted by Crippen LogP contribution is 2.35. The van der Waals surface area contributed by atoms with Crippen molar-refractivity contribution < 1.29 is 23.5 Å². The van der Waals surface area contributed by atoms with Crippen molar-refractivity contribution in [1.82, 2.24) is 9.88 Å². The first-order valence-electron chi connectivity index (χ1n) is 13.2. The van der Waals surface area contributed by atoms with Gasteiger partial charge in [0.2, 0.25) is 0 Å². The summed E-state index contributed by atoms with van der Waals surface area (Å²) in [7, 11) is 0. The van der Waals surface area contributed by atoms with Crippen molar-refractivity contribution in [2.24, 2.45) is 4.99 Å². The van der Waals surface area contributed by atoms with Crippen molar-refractivity contribution in [3.8, 4) is 0 Å². The number of ether oxygens (including phenoxy) is 4. The van der Waals surface area contributed by atoms with E-state index in [0.29, 0.717) is 0 Å². The minimum atomic E-state index is 0.744. The van der Waals surface area contributed by atoms with Crippen LogP contribution in [-0.4, -0.2) is 131 Å². The van der Waals surface area contributed by atoms with Gasteiger partial charge >= 0.3 is 5.17 Å². The first kappa shape index (κ1) is 25.3. The van der Waals surface area contributed by atoms with Gasteiger partial charge in [-0.05, 0) is 17.1 Å². The maximum absolute atomic E-state index is 5.60. The second-order valence-corrected chi connectivity index (χ2v) is 11.3. The van der Waals surface area contributed by atoms with Crippen LogP contribution < -0.4 is 9.80 Å². The van der Waals surface area contributed by atoms with E-state index in [1.807, 2.05) is 0 Å². The summed E-state index contributed by atoms with van der Waals surface area (Å²) < 4.78 is 24.7. The number of thioether (sulfide) groups is 1. The number of thiazole rings is 1. The molecule has 1 aromatic rings. The summed E-state index contributed by atoms with van der Waals surface area (Å²) in [5.41, 5.74) is 0. The molecule has 0 amide bonds. The monoisotopic (exact) mass is 547 g/mol. The number of aromatic nitrogens is 1. The molecule has 5 aliphatic rings. The Labute approximate surface area is 226 Å². The smallest absolute Gasteiger partial charge is 0.362 e. The standard InChI is InChI=1S/C25H35N6O4S2/c1(2-20-22(28-4-12-32-13-5-28)26-24(36-20)30-8-16-34-17-9-30)3-21-23(29-6-14-33-15-7-29)27-25(37-21)31-10-18-35-19-11-31/h1-3H,4-19H2/q+1. The summed E-state index contributed by atoms with van der Waals surface area (Å²) in [4.78, 5) is 19.6. The molecule has 6 heterocycles. The van der Waals surface area contributed by atoms with Crippen LogP contribution in [0, 0.1) is 0 Å². The average molecular weight is 548 g/mol. The van der Waals surface area contributed by atoms with E-state index in [9.17, 15) is 0 Å². The van der Waals surface area contributed by atoms with Gasteiger partial charge in [0.1, 0.15) is 18.9 Å². The van der Waals surface area contributed by atoms with E-state index in [1.165, 1.54) is 9.78 Å². The molecule has 0 N–H and O–H groups in total. The van der Waals surface area contributed by atoms with E-state index in [1.54, 1.807) is 23.1 Å². The average Bonchev–Trinajstić information content (AvgIpc) is 3.60. The number of anilines is 2. The van der Waals surface area contributed by atoms with Crippen molar-refractivity contribution in [3.63, 3.8) is 0 Å². The van der Waals surface area contributed by atoms with Crippen LogP contribution in [0.2, 0.25) is 0 Å². The van der Waals surface area contributed by atoms with Crippen molar-refractivity contribution in [3.05, 3.63) is 21.9 Å². The zero-order chi connectivity index (χ0) is 24.9. The summed E-state index contributed by atoms with van der Waals surface area (Å²) in [6.07, 6.45) is 6.59. The van der Waals surface area contributed by atoms with Gasteiger partial charge in [0, 0.05) is 51.0 Å². The first-order chi connectivity index (χ1) is 18.3. The zero-order valence-corrected chi connectivity index (χ0v) is 22.8. The third-order valence-electron chi connectivity index (χ3n) is 6.93.